The number of benzene rings is 3. The Balaban J connectivity index is 1.64. The monoisotopic (exact) mass is 582 g/mol. The van der Waals surface area contributed by atoms with Crippen molar-refractivity contribution in [3.63, 3.8) is 0 Å². The first-order valence-electron chi connectivity index (χ1n) is 10.3. The predicted molar refractivity (Wildman–Crippen MR) is 141 cm³/mol. The number of aryl methyl sites for hydroxylation is 1. The maximum Gasteiger partial charge on any atom is 0.328 e. The zero-order valence-electron chi connectivity index (χ0n) is 18.3. The topological polar surface area (TPSA) is 92.2 Å². The van der Waals surface area contributed by atoms with Crippen molar-refractivity contribution in [1.82, 2.24) is 4.68 Å². The molecule has 3 aromatic carbocycles. The molecule has 172 valence electrons. The Kier molecular flexibility index (Phi) is 6.85. The fourth-order valence-corrected chi connectivity index (χ4v) is 4.06. The third-order valence-electron chi connectivity index (χ3n) is 5.37. The van der Waals surface area contributed by atoms with Crippen LogP contribution in [0.4, 0.5) is 11.4 Å². The van der Waals surface area contributed by atoms with Gasteiger partial charge in [-0.2, -0.15) is 0 Å². The molecule has 0 saturated carbocycles. The van der Waals surface area contributed by atoms with Gasteiger partial charge in [0.25, 0.3) is 5.91 Å². The first kappa shape index (κ1) is 23.7. The zero-order valence-corrected chi connectivity index (χ0v) is 21.5. The van der Waals surface area contributed by atoms with Gasteiger partial charge in [-0.1, -0.05) is 44.0 Å². The molecule has 0 aliphatic heterocycles. The van der Waals surface area contributed by atoms with Crippen molar-refractivity contribution in [1.29, 1.82) is 0 Å². The lowest BCUT2D eigenvalue weighted by atomic mass is 10.1. The lowest BCUT2D eigenvalue weighted by Gasteiger charge is -2.14. The highest BCUT2D eigenvalue weighted by atomic mass is 79.9. The number of nitrogens with zero attached hydrogens (tertiary/aromatic N) is 1. The molecular weight excluding hydrogens is 564 g/mol. The molecule has 0 saturated heterocycles. The number of anilines is 2. The Morgan fingerprint density at radius 3 is 2.24 bits per heavy atom. The van der Waals surface area contributed by atoms with E-state index in [1.165, 1.54) is 4.68 Å². The molecule has 0 unspecified atom stereocenters. The minimum absolute atomic E-state index is 0.179. The van der Waals surface area contributed by atoms with Crippen molar-refractivity contribution in [3.8, 4) is 0 Å². The first-order chi connectivity index (χ1) is 16.2. The van der Waals surface area contributed by atoms with Crippen molar-refractivity contribution in [2.45, 2.75) is 13.8 Å². The lowest BCUT2D eigenvalue weighted by molar-refractivity contribution is -0.133. The molecule has 3 amide bonds. The summed E-state index contributed by atoms with van der Waals surface area (Å²) in [5.41, 5.74) is 6.43. The molecule has 0 aliphatic carbocycles. The number of halogens is 2. The number of hydrogen-bond acceptors (Lipinski definition) is 3. The summed E-state index contributed by atoms with van der Waals surface area (Å²) in [6.45, 7) is 3.88. The molecule has 0 bridgehead atoms. The second kappa shape index (κ2) is 9.82. The molecule has 0 spiro atoms. The summed E-state index contributed by atoms with van der Waals surface area (Å²) in [4.78, 5) is 38.5. The van der Waals surface area contributed by atoms with E-state index in [1.54, 1.807) is 42.5 Å². The van der Waals surface area contributed by atoms with Crippen LogP contribution in [0.15, 0.2) is 75.7 Å². The fraction of sp³-hybridized carbons (Fsp3) is 0.0800. The van der Waals surface area contributed by atoms with Crippen LogP contribution in [0.5, 0.6) is 0 Å². The van der Waals surface area contributed by atoms with Gasteiger partial charge in [0.2, 0.25) is 0 Å². The molecule has 4 rings (SSSR count). The summed E-state index contributed by atoms with van der Waals surface area (Å²) < 4.78 is 2.99. The van der Waals surface area contributed by atoms with Gasteiger partial charge >= 0.3 is 11.8 Å². The number of nitrogens with one attached hydrogen (secondary N) is 3. The van der Waals surface area contributed by atoms with E-state index in [9.17, 15) is 14.4 Å². The molecular formula is C25H20Br2N4O3. The van der Waals surface area contributed by atoms with Gasteiger partial charge in [0.05, 0.1) is 5.52 Å². The van der Waals surface area contributed by atoms with E-state index in [2.05, 4.69) is 47.9 Å². The second-order valence-corrected chi connectivity index (χ2v) is 9.50. The van der Waals surface area contributed by atoms with E-state index >= 15 is 0 Å². The van der Waals surface area contributed by atoms with E-state index in [4.69, 9.17) is 0 Å². The molecule has 0 atom stereocenters. The summed E-state index contributed by atoms with van der Waals surface area (Å²) in [5, 5.41) is 6.17. The predicted octanol–water partition coefficient (Wildman–Crippen LogP) is 5.74. The minimum atomic E-state index is -0.913. The third-order valence-corrected chi connectivity index (χ3v) is 6.39. The molecule has 34 heavy (non-hydrogen) atoms. The number of carbonyl (C=O) groups is 3. The Hall–Kier alpha value is -3.43. The number of amides is 3. The van der Waals surface area contributed by atoms with E-state index in [-0.39, 0.29) is 5.69 Å². The van der Waals surface area contributed by atoms with Gasteiger partial charge in [-0.3, -0.25) is 19.8 Å². The van der Waals surface area contributed by atoms with Crippen molar-refractivity contribution in [3.05, 3.63) is 92.5 Å². The van der Waals surface area contributed by atoms with Crippen LogP contribution in [0.3, 0.4) is 0 Å². The number of aromatic nitrogens is 1. The molecule has 7 nitrogen and oxygen atoms in total. The normalized spacial score (nSPS) is 10.7. The fourth-order valence-electron chi connectivity index (χ4n) is 3.42. The van der Waals surface area contributed by atoms with Crippen molar-refractivity contribution in [2.75, 3.05) is 16.1 Å². The van der Waals surface area contributed by atoms with Gasteiger partial charge in [-0.15, -0.1) is 0 Å². The number of hydrogen-bond donors (Lipinski definition) is 3. The Labute approximate surface area is 212 Å². The Bertz CT molecular complexity index is 1430. The largest absolute Gasteiger partial charge is 0.328 e. The van der Waals surface area contributed by atoms with Crippen LogP contribution in [-0.2, 0) is 9.59 Å². The maximum absolute atomic E-state index is 13.2. The SMILES string of the molecule is Cc1cccc(NC(=O)c2cc3cc(Br)ccc3n2NC(=O)C(=O)Nc2ccc(Br)cc2)c1C. The Morgan fingerprint density at radius 1 is 0.794 bits per heavy atom. The van der Waals surface area contributed by atoms with Crippen LogP contribution in [-0.4, -0.2) is 22.4 Å². The quantitative estimate of drug-likeness (QED) is 0.267. The van der Waals surface area contributed by atoms with E-state index in [0.29, 0.717) is 22.3 Å². The van der Waals surface area contributed by atoms with Gasteiger partial charge in [0.1, 0.15) is 5.69 Å². The van der Waals surface area contributed by atoms with Gasteiger partial charge in [-0.25, -0.2) is 4.68 Å². The minimum Gasteiger partial charge on any atom is -0.320 e. The van der Waals surface area contributed by atoms with Crippen molar-refractivity contribution < 1.29 is 14.4 Å². The van der Waals surface area contributed by atoms with Crippen LogP contribution in [0, 0.1) is 13.8 Å². The van der Waals surface area contributed by atoms with Gasteiger partial charge in [0.15, 0.2) is 0 Å². The molecule has 0 aliphatic rings. The molecule has 3 N–H and O–H groups in total. The third kappa shape index (κ3) is 5.05. The summed E-state index contributed by atoms with van der Waals surface area (Å²) in [5.74, 6) is -2.19. The Morgan fingerprint density at radius 2 is 1.50 bits per heavy atom. The van der Waals surface area contributed by atoms with Crippen LogP contribution in [0.2, 0.25) is 0 Å². The summed E-state index contributed by atoms with van der Waals surface area (Å²) in [6, 6.07) is 19.5. The molecule has 0 radical (unpaired) electrons. The van der Waals surface area contributed by atoms with Gasteiger partial charge < -0.3 is 10.6 Å². The lowest BCUT2D eigenvalue weighted by Crippen LogP contribution is -2.36. The highest BCUT2D eigenvalue weighted by molar-refractivity contribution is 9.10. The molecule has 1 heterocycles. The highest BCUT2D eigenvalue weighted by Gasteiger charge is 2.21. The maximum atomic E-state index is 13.2. The molecule has 4 aromatic rings. The first-order valence-corrected chi connectivity index (χ1v) is 11.9. The van der Waals surface area contributed by atoms with Crippen LogP contribution in [0.25, 0.3) is 10.9 Å². The summed E-state index contributed by atoms with van der Waals surface area (Å²) >= 11 is 6.75. The van der Waals surface area contributed by atoms with E-state index in [0.717, 1.165) is 20.1 Å². The van der Waals surface area contributed by atoms with Crippen LogP contribution < -0.4 is 16.1 Å². The van der Waals surface area contributed by atoms with Crippen molar-refractivity contribution >= 4 is 71.9 Å². The smallest absolute Gasteiger partial charge is 0.320 e. The molecule has 1 aromatic heterocycles. The average molecular weight is 584 g/mol. The summed E-state index contributed by atoms with van der Waals surface area (Å²) in [7, 11) is 0. The van der Waals surface area contributed by atoms with E-state index < -0.39 is 17.7 Å². The zero-order chi connectivity index (χ0) is 24.4. The number of rotatable bonds is 4. The average Bonchev–Trinajstić information content (AvgIpc) is 3.15. The molecule has 9 heteroatoms. The van der Waals surface area contributed by atoms with Gasteiger partial charge in [-0.05, 0) is 79.6 Å². The summed E-state index contributed by atoms with van der Waals surface area (Å²) in [6.07, 6.45) is 0. The van der Waals surface area contributed by atoms with Crippen molar-refractivity contribution in [2.24, 2.45) is 0 Å². The van der Waals surface area contributed by atoms with Gasteiger partial charge in [0, 0.05) is 25.7 Å². The number of fused-ring (bicyclic) bond motifs is 1. The number of carbonyl (C=O) groups excluding carboxylic acids is 3. The van der Waals surface area contributed by atoms with E-state index in [1.807, 2.05) is 38.1 Å². The second-order valence-electron chi connectivity index (χ2n) is 7.67. The van der Waals surface area contributed by atoms with Crippen LogP contribution in [0.1, 0.15) is 21.6 Å². The molecule has 0 fully saturated rings. The van der Waals surface area contributed by atoms with Crippen LogP contribution >= 0.6 is 31.9 Å². The highest BCUT2D eigenvalue weighted by Crippen LogP contribution is 2.25. The standard InChI is InChI=1S/C25H20Br2N4O3/c1-14-4-3-5-20(15(14)2)29-23(32)22-13-16-12-18(27)8-11-21(16)31(22)30-25(34)24(33)28-19-9-6-17(26)7-10-19/h3-13H,1-2H3,(H,28,33)(H,29,32)(H,30,34).